The van der Waals surface area contributed by atoms with E-state index in [0.717, 1.165) is 55.7 Å². The smallest absolute Gasteiger partial charge is 0.231 e. The molecular weight excluding hydrogens is 357 g/mol. The van der Waals surface area contributed by atoms with Crippen molar-refractivity contribution in [1.82, 2.24) is 4.90 Å². The first-order valence-electron chi connectivity index (χ1n) is 10.2. The van der Waals surface area contributed by atoms with Crippen molar-refractivity contribution in [3.8, 4) is 11.5 Å². The quantitative estimate of drug-likeness (QED) is 0.852. The van der Waals surface area contributed by atoms with Gasteiger partial charge in [-0.2, -0.15) is 0 Å². The van der Waals surface area contributed by atoms with Gasteiger partial charge in [0.05, 0.1) is 5.60 Å². The summed E-state index contributed by atoms with van der Waals surface area (Å²) in [6, 6.07) is 13.1. The molecule has 0 unspecified atom stereocenters. The predicted octanol–water partition coefficient (Wildman–Crippen LogP) is 4.42. The molecule has 0 amide bonds. The molecule has 2 heterocycles. The van der Waals surface area contributed by atoms with Crippen LogP contribution in [0.5, 0.6) is 11.5 Å². The van der Waals surface area contributed by atoms with E-state index in [2.05, 4.69) is 11.0 Å². The lowest BCUT2D eigenvalue weighted by Gasteiger charge is -2.52. The molecule has 148 valence electrons. The molecule has 28 heavy (non-hydrogen) atoms. The van der Waals surface area contributed by atoms with Crippen LogP contribution in [0.4, 0.5) is 4.39 Å². The van der Waals surface area contributed by atoms with Gasteiger partial charge < -0.3 is 14.6 Å². The second-order valence-corrected chi connectivity index (χ2v) is 8.33. The van der Waals surface area contributed by atoms with Crippen LogP contribution < -0.4 is 9.47 Å². The summed E-state index contributed by atoms with van der Waals surface area (Å²) in [4.78, 5) is 2.33. The first-order chi connectivity index (χ1) is 13.6. The Hall–Kier alpha value is -2.11. The highest BCUT2D eigenvalue weighted by Crippen LogP contribution is 2.50. The number of benzene rings is 2. The molecular formula is C23H26FNO3. The maximum Gasteiger partial charge on any atom is 0.231 e. The van der Waals surface area contributed by atoms with Gasteiger partial charge in [0.1, 0.15) is 5.82 Å². The van der Waals surface area contributed by atoms with Crippen LogP contribution in [-0.2, 0) is 6.54 Å². The van der Waals surface area contributed by atoms with Crippen LogP contribution in [0.25, 0.3) is 0 Å². The van der Waals surface area contributed by atoms with E-state index in [9.17, 15) is 9.50 Å². The van der Waals surface area contributed by atoms with Gasteiger partial charge in [-0.15, -0.1) is 0 Å². The van der Waals surface area contributed by atoms with Gasteiger partial charge in [0.15, 0.2) is 11.5 Å². The van der Waals surface area contributed by atoms with Crippen molar-refractivity contribution >= 4 is 0 Å². The molecule has 2 aromatic rings. The summed E-state index contributed by atoms with van der Waals surface area (Å²) in [5.41, 5.74) is 1.19. The molecule has 0 bridgehead atoms. The summed E-state index contributed by atoms with van der Waals surface area (Å²) in [5.74, 6) is 1.49. The third kappa shape index (κ3) is 3.07. The fourth-order valence-corrected chi connectivity index (χ4v) is 5.31. The number of rotatable bonds is 3. The predicted molar refractivity (Wildman–Crippen MR) is 104 cm³/mol. The average molecular weight is 383 g/mol. The van der Waals surface area contributed by atoms with Gasteiger partial charge in [-0.05, 0) is 43.0 Å². The number of halogens is 1. The summed E-state index contributed by atoms with van der Waals surface area (Å²) < 4.78 is 25.4. The molecule has 1 saturated carbocycles. The number of likely N-dealkylation sites (tertiary alicyclic amines) is 1. The zero-order valence-electron chi connectivity index (χ0n) is 15.9. The third-order valence-electron chi connectivity index (χ3n) is 6.74. The molecule has 2 aliphatic heterocycles. The average Bonchev–Trinajstić information content (AvgIpc) is 3.17. The van der Waals surface area contributed by atoms with Crippen LogP contribution in [0.2, 0.25) is 0 Å². The summed E-state index contributed by atoms with van der Waals surface area (Å²) in [6.45, 7) is 1.54. The summed E-state index contributed by atoms with van der Waals surface area (Å²) >= 11 is 0. The lowest BCUT2D eigenvalue weighted by Crippen LogP contribution is -2.54. The van der Waals surface area contributed by atoms with Crippen molar-refractivity contribution < 1.29 is 19.0 Å². The van der Waals surface area contributed by atoms with Crippen LogP contribution in [0.15, 0.2) is 42.5 Å². The Balaban J connectivity index is 1.53. The van der Waals surface area contributed by atoms with E-state index in [4.69, 9.17) is 9.47 Å². The van der Waals surface area contributed by atoms with Crippen LogP contribution in [0.1, 0.15) is 49.3 Å². The number of fused-ring (bicyclic) bond motifs is 2. The van der Waals surface area contributed by atoms with Gasteiger partial charge in [-0.1, -0.05) is 37.1 Å². The first-order valence-corrected chi connectivity index (χ1v) is 10.2. The number of piperidine rings is 1. The van der Waals surface area contributed by atoms with Crippen molar-refractivity contribution in [2.24, 2.45) is 5.92 Å². The molecule has 0 spiro atoms. The standard InChI is InChI=1S/C23H26FNO3/c24-19-7-2-1-5-17(19)14-25-12-11-23(26)10-4-3-6-18(23)22(25)16-8-9-20-21(13-16)28-15-27-20/h1-2,5,7-9,13,18,22,26H,3-4,6,10-12,14-15H2/t18-,22-,23+/m1/s1. The first kappa shape index (κ1) is 18.0. The van der Waals surface area contributed by atoms with Crippen LogP contribution in [0.3, 0.4) is 0 Å². The molecule has 0 aromatic heterocycles. The summed E-state index contributed by atoms with van der Waals surface area (Å²) in [5, 5.41) is 11.4. The number of aliphatic hydroxyl groups is 1. The fraction of sp³-hybridized carbons (Fsp3) is 0.478. The molecule has 5 heteroatoms. The molecule has 4 nitrogen and oxygen atoms in total. The number of hydrogen-bond acceptors (Lipinski definition) is 4. The van der Waals surface area contributed by atoms with E-state index >= 15 is 0 Å². The van der Waals surface area contributed by atoms with Gasteiger partial charge in [-0.25, -0.2) is 4.39 Å². The molecule has 1 saturated heterocycles. The zero-order chi connectivity index (χ0) is 19.1. The number of nitrogens with zero attached hydrogens (tertiary/aromatic N) is 1. The summed E-state index contributed by atoms with van der Waals surface area (Å²) in [7, 11) is 0. The van der Waals surface area contributed by atoms with Crippen molar-refractivity contribution in [2.75, 3.05) is 13.3 Å². The van der Waals surface area contributed by atoms with E-state index in [-0.39, 0.29) is 24.6 Å². The minimum Gasteiger partial charge on any atom is -0.454 e. The third-order valence-corrected chi connectivity index (χ3v) is 6.74. The maximum atomic E-state index is 14.3. The lowest BCUT2D eigenvalue weighted by atomic mass is 9.66. The Bertz CT molecular complexity index is 873. The van der Waals surface area contributed by atoms with Gasteiger partial charge in [-0.3, -0.25) is 4.90 Å². The minimum atomic E-state index is -0.634. The molecule has 2 fully saturated rings. The van der Waals surface area contributed by atoms with E-state index in [1.807, 2.05) is 24.3 Å². The Morgan fingerprint density at radius 2 is 1.93 bits per heavy atom. The number of hydrogen-bond donors (Lipinski definition) is 1. The molecule has 0 radical (unpaired) electrons. The molecule has 5 rings (SSSR count). The monoisotopic (exact) mass is 383 g/mol. The zero-order valence-corrected chi connectivity index (χ0v) is 15.9. The van der Waals surface area contributed by atoms with E-state index in [0.29, 0.717) is 12.1 Å². The Morgan fingerprint density at radius 1 is 1.07 bits per heavy atom. The maximum absolute atomic E-state index is 14.3. The highest BCUT2D eigenvalue weighted by molar-refractivity contribution is 5.45. The minimum absolute atomic E-state index is 0.0353. The van der Waals surface area contributed by atoms with Gasteiger partial charge in [0.2, 0.25) is 6.79 Å². The second-order valence-electron chi connectivity index (χ2n) is 8.33. The van der Waals surface area contributed by atoms with Crippen molar-refractivity contribution in [3.05, 3.63) is 59.4 Å². The van der Waals surface area contributed by atoms with E-state index in [1.165, 1.54) is 6.07 Å². The van der Waals surface area contributed by atoms with E-state index in [1.54, 1.807) is 6.07 Å². The van der Waals surface area contributed by atoms with Gasteiger partial charge in [0.25, 0.3) is 0 Å². The highest BCUT2D eigenvalue weighted by Gasteiger charge is 2.49. The highest BCUT2D eigenvalue weighted by atomic mass is 19.1. The Kier molecular flexibility index (Phi) is 4.52. The number of ether oxygens (including phenoxy) is 2. The topological polar surface area (TPSA) is 41.9 Å². The molecule has 1 N–H and O–H groups in total. The van der Waals surface area contributed by atoms with Crippen molar-refractivity contribution in [2.45, 2.75) is 50.3 Å². The Morgan fingerprint density at radius 3 is 2.82 bits per heavy atom. The lowest BCUT2D eigenvalue weighted by molar-refractivity contribution is -0.126. The van der Waals surface area contributed by atoms with Crippen LogP contribution in [-0.4, -0.2) is 28.9 Å². The van der Waals surface area contributed by atoms with Crippen molar-refractivity contribution in [1.29, 1.82) is 0 Å². The largest absolute Gasteiger partial charge is 0.454 e. The summed E-state index contributed by atoms with van der Waals surface area (Å²) in [6.07, 6.45) is 4.79. The van der Waals surface area contributed by atoms with Gasteiger partial charge in [0, 0.05) is 30.6 Å². The Labute approximate surface area is 164 Å². The van der Waals surface area contributed by atoms with Gasteiger partial charge >= 0.3 is 0 Å². The molecule has 2 aromatic carbocycles. The van der Waals surface area contributed by atoms with Crippen molar-refractivity contribution in [3.63, 3.8) is 0 Å². The fourth-order valence-electron chi connectivity index (χ4n) is 5.31. The molecule has 3 atom stereocenters. The molecule has 1 aliphatic carbocycles. The normalized spacial score (nSPS) is 29.5. The second kappa shape index (κ2) is 7.05. The molecule has 3 aliphatic rings. The SMILES string of the molecule is O[C@]12CCCC[C@@H]1[C@@H](c1ccc3c(c1)OCO3)N(Cc1ccccc1F)CC2. The van der Waals surface area contributed by atoms with Crippen LogP contribution >= 0.6 is 0 Å². The van der Waals surface area contributed by atoms with E-state index < -0.39 is 5.60 Å². The van der Waals surface area contributed by atoms with Crippen LogP contribution in [0, 0.1) is 11.7 Å².